The van der Waals surface area contributed by atoms with Crippen molar-refractivity contribution in [1.29, 1.82) is 0 Å². The van der Waals surface area contributed by atoms with Crippen LogP contribution in [0.4, 0.5) is 4.79 Å². The monoisotopic (exact) mass is 232 g/mol. The minimum Gasteiger partial charge on any atom is -0.331 e. The molecule has 1 aromatic rings. The van der Waals surface area contributed by atoms with Gasteiger partial charge in [0.1, 0.15) is 0 Å². The molecule has 1 saturated heterocycles. The Morgan fingerprint density at radius 1 is 1.29 bits per heavy atom. The van der Waals surface area contributed by atoms with Crippen LogP contribution in [0.1, 0.15) is 24.8 Å². The van der Waals surface area contributed by atoms with E-state index in [-0.39, 0.29) is 12.1 Å². The minimum absolute atomic E-state index is 0.121. The molecule has 1 fully saturated rings. The molecule has 3 nitrogen and oxygen atoms in total. The van der Waals surface area contributed by atoms with Crippen LogP contribution in [0.25, 0.3) is 0 Å². The van der Waals surface area contributed by atoms with Gasteiger partial charge in [0.25, 0.3) is 0 Å². The van der Waals surface area contributed by atoms with Crippen LogP contribution in [-0.2, 0) is 0 Å². The summed E-state index contributed by atoms with van der Waals surface area (Å²) in [5, 5.41) is 0. The lowest BCUT2D eigenvalue weighted by Crippen LogP contribution is -2.41. The summed E-state index contributed by atoms with van der Waals surface area (Å²) in [6.07, 6.45) is 1.06. The molecule has 0 aromatic heterocycles. The van der Waals surface area contributed by atoms with E-state index in [4.69, 9.17) is 0 Å². The first-order valence-electron chi connectivity index (χ1n) is 6.14. The topological polar surface area (TPSA) is 23.6 Å². The Kier molecular flexibility index (Phi) is 3.36. The first-order valence-corrected chi connectivity index (χ1v) is 6.14. The van der Waals surface area contributed by atoms with Gasteiger partial charge in [0.05, 0.1) is 0 Å². The Morgan fingerprint density at radius 3 is 2.53 bits per heavy atom. The largest absolute Gasteiger partial charge is 0.331 e. The molecule has 2 amide bonds. The average Bonchev–Trinajstić information content (AvgIpc) is 2.71. The fourth-order valence-electron chi connectivity index (χ4n) is 2.61. The summed E-state index contributed by atoms with van der Waals surface area (Å²) in [5.41, 5.74) is 1.34. The molecule has 17 heavy (non-hydrogen) atoms. The summed E-state index contributed by atoms with van der Waals surface area (Å²) in [7, 11) is 3.62. The van der Waals surface area contributed by atoms with Gasteiger partial charge in [0.2, 0.25) is 0 Å². The van der Waals surface area contributed by atoms with Crippen molar-refractivity contribution in [3.8, 4) is 0 Å². The van der Waals surface area contributed by atoms with E-state index in [1.807, 2.05) is 25.1 Å². The van der Waals surface area contributed by atoms with Crippen molar-refractivity contribution >= 4 is 6.03 Å². The van der Waals surface area contributed by atoms with E-state index in [0.29, 0.717) is 5.92 Å². The first-order chi connectivity index (χ1) is 8.11. The van der Waals surface area contributed by atoms with Crippen LogP contribution in [-0.4, -0.2) is 42.5 Å². The lowest BCUT2D eigenvalue weighted by molar-refractivity contribution is 0.167. The summed E-state index contributed by atoms with van der Waals surface area (Å²) in [6.45, 7) is 3.00. The Morgan fingerprint density at radius 2 is 1.94 bits per heavy atom. The molecule has 1 aliphatic rings. The summed E-state index contributed by atoms with van der Waals surface area (Å²) >= 11 is 0. The summed E-state index contributed by atoms with van der Waals surface area (Å²) < 4.78 is 0. The third-order valence-electron chi connectivity index (χ3n) is 3.61. The van der Waals surface area contributed by atoms with Crippen molar-refractivity contribution in [3.63, 3.8) is 0 Å². The van der Waals surface area contributed by atoms with E-state index in [1.165, 1.54) is 5.56 Å². The molecule has 0 spiro atoms. The van der Waals surface area contributed by atoms with Crippen molar-refractivity contribution in [1.82, 2.24) is 9.80 Å². The van der Waals surface area contributed by atoms with Crippen LogP contribution in [0.15, 0.2) is 30.3 Å². The summed E-state index contributed by atoms with van der Waals surface area (Å²) in [6, 6.07) is 10.9. The lowest BCUT2D eigenvalue weighted by atomic mass is 9.93. The fraction of sp³-hybridized carbons (Fsp3) is 0.500. The lowest BCUT2D eigenvalue weighted by Gasteiger charge is -2.27. The summed E-state index contributed by atoms with van der Waals surface area (Å²) in [5.74, 6) is 0.472. The number of urea groups is 1. The van der Waals surface area contributed by atoms with Crippen LogP contribution in [0.3, 0.4) is 0 Å². The summed E-state index contributed by atoms with van der Waals surface area (Å²) in [4.78, 5) is 15.6. The molecular weight excluding hydrogens is 212 g/mol. The van der Waals surface area contributed by atoms with Crippen LogP contribution in [0.2, 0.25) is 0 Å². The Labute approximate surface area is 103 Å². The molecule has 0 radical (unpaired) electrons. The number of carbonyl (C=O) groups is 1. The van der Waals surface area contributed by atoms with E-state index >= 15 is 0 Å². The van der Waals surface area contributed by atoms with Gasteiger partial charge in [-0.2, -0.15) is 0 Å². The maximum atomic E-state index is 12.0. The van der Waals surface area contributed by atoms with E-state index in [0.717, 1.165) is 13.0 Å². The molecule has 1 aliphatic heterocycles. The molecule has 2 unspecified atom stereocenters. The van der Waals surface area contributed by atoms with Crippen LogP contribution in [0, 0.1) is 0 Å². The molecule has 0 aliphatic carbocycles. The maximum Gasteiger partial charge on any atom is 0.319 e. The highest BCUT2D eigenvalue weighted by molar-refractivity contribution is 5.74. The highest BCUT2D eigenvalue weighted by Gasteiger charge is 2.35. The van der Waals surface area contributed by atoms with Crippen molar-refractivity contribution < 1.29 is 4.79 Å². The molecular formula is C14H20N2O. The Hall–Kier alpha value is -1.51. The van der Waals surface area contributed by atoms with E-state index in [2.05, 4.69) is 31.2 Å². The zero-order valence-electron chi connectivity index (χ0n) is 10.8. The molecule has 0 N–H and O–H groups in total. The number of carbonyl (C=O) groups excluding carboxylic acids is 1. The van der Waals surface area contributed by atoms with Gasteiger partial charge in [-0.25, -0.2) is 4.79 Å². The van der Waals surface area contributed by atoms with Gasteiger partial charge in [-0.05, 0) is 18.9 Å². The van der Waals surface area contributed by atoms with Crippen molar-refractivity contribution in [2.75, 3.05) is 20.6 Å². The first kappa shape index (κ1) is 12.0. The second-order valence-electron chi connectivity index (χ2n) is 4.92. The fourth-order valence-corrected chi connectivity index (χ4v) is 2.61. The van der Waals surface area contributed by atoms with Crippen molar-refractivity contribution in [3.05, 3.63) is 35.9 Å². The smallest absolute Gasteiger partial charge is 0.319 e. The molecule has 2 atom stereocenters. The van der Waals surface area contributed by atoms with Crippen molar-refractivity contribution in [2.24, 2.45) is 0 Å². The molecule has 2 rings (SSSR count). The third-order valence-corrected chi connectivity index (χ3v) is 3.61. The molecule has 0 bridgehead atoms. The highest BCUT2D eigenvalue weighted by Crippen LogP contribution is 2.33. The molecule has 1 aromatic carbocycles. The van der Waals surface area contributed by atoms with Gasteiger partial charge in [-0.3, -0.25) is 0 Å². The number of rotatable bonds is 1. The predicted octanol–water partition coefficient (Wildman–Crippen LogP) is 2.55. The third kappa shape index (κ3) is 2.28. The number of hydrogen-bond acceptors (Lipinski definition) is 1. The standard InChI is InChI=1S/C14H20N2O/c1-11-13(12-7-5-4-6-8-12)9-10-16(11)14(17)15(2)3/h4-8,11,13H,9-10H2,1-3H3. The van der Waals surface area contributed by atoms with Crippen LogP contribution >= 0.6 is 0 Å². The minimum atomic E-state index is 0.121. The zero-order valence-corrected chi connectivity index (χ0v) is 10.8. The number of nitrogens with zero attached hydrogens (tertiary/aromatic N) is 2. The normalized spacial score (nSPS) is 23.8. The van der Waals surface area contributed by atoms with Gasteiger partial charge in [0.15, 0.2) is 0 Å². The number of likely N-dealkylation sites (tertiary alicyclic amines) is 1. The van der Waals surface area contributed by atoms with Gasteiger partial charge in [-0.1, -0.05) is 30.3 Å². The maximum absolute atomic E-state index is 12.0. The van der Waals surface area contributed by atoms with E-state index < -0.39 is 0 Å². The van der Waals surface area contributed by atoms with Gasteiger partial charge in [0, 0.05) is 32.6 Å². The number of benzene rings is 1. The van der Waals surface area contributed by atoms with E-state index in [9.17, 15) is 4.79 Å². The molecule has 0 saturated carbocycles. The van der Waals surface area contributed by atoms with Gasteiger partial charge in [-0.15, -0.1) is 0 Å². The zero-order chi connectivity index (χ0) is 12.4. The number of amides is 2. The molecule has 3 heteroatoms. The quantitative estimate of drug-likeness (QED) is 0.730. The molecule has 92 valence electrons. The molecule has 1 heterocycles. The SMILES string of the molecule is CC1C(c2ccccc2)CCN1C(=O)N(C)C. The van der Waals surface area contributed by atoms with Gasteiger partial charge >= 0.3 is 6.03 Å². The van der Waals surface area contributed by atoms with Gasteiger partial charge < -0.3 is 9.80 Å². The second-order valence-corrected chi connectivity index (χ2v) is 4.92. The second kappa shape index (κ2) is 4.78. The highest BCUT2D eigenvalue weighted by atomic mass is 16.2. The number of hydrogen-bond donors (Lipinski definition) is 0. The van der Waals surface area contributed by atoms with Crippen LogP contribution < -0.4 is 0 Å². The van der Waals surface area contributed by atoms with E-state index in [1.54, 1.807) is 4.90 Å². The Balaban J connectivity index is 2.13. The Bertz CT molecular complexity index is 388. The van der Waals surface area contributed by atoms with Crippen LogP contribution in [0.5, 0.6) is 0 Å². The van der Waals surface area contributed by atoms with Crippen molar-refractivity contribution in [2.45, 2.75) is 25.3 Å². The average molecular weight is 232 g/mol. The predicted molar refractivity (Wildman–Crippen MR) is 69.1 cm³/mol.